The van der Waals surface area contributed by atoms with Crippen LogP contribution in [0.25, 0.3) is 11.1 Å². The number of hydrogen-bond acceptors (Lipinski definition) is 6. The molecular formula is C27H30FN3O5. The van der Waals surface area contributed by atoms with E-state index in [4.69, 9.17) is 13.9 Å². The van der Waals surface area contributed by atoms with Gasteiger partial charge in [-0.1, -0.05) is 6.07 Å². The number of carbonyl (C=O) groups excluding carboxylic acids is 2. The summed E-state index contributed by atoms with van der Waals surface area (Å²) in [5.74, 6) is -1.32. The van der Waals surface area contributed by atoms with Crippen LogP contribution < -0.4 is 10.6 Å². The standard InChI is InChI=1S/C27H30FN3O5/c28-22-14-17(4-5-21(22)26(32)29-16-20-3-1-2-9-35-20)13-18-15-24(31-23-8-12-36-25(18)23)27(33)30-19-6-10-34-11-7-19/h4-5,8,12,14-15,19-20H,1-3,6-7,9-11,13,16H2,(H,29,32)(H,30,33). The van der Waals surface area contributed by atoms with E-state index >= 15 is 0 Å². The molecule has 4 heterocycles. The second-order valence-corrected chi connectivity index (χ2v) is 9.35. The molecule has 3 aromatic rings. The highest BCUT2D eigenvalue weighted by molar-refractivity contribution is 5.95. The molecule has 2 aliphatic heterocycles. The first-order valence-corrected chi connectivity index (χ1v) is 12.5. The van der Waals surface area contributed by atoms with Gasteiger partial charge in [0.2, 0.25) is 0 Å². The first-order valence-electron chi connectivity index (χ1n) is 12.5. The Bertz CT molecular complexity index is 1230. The van der Waals surface area contributed by atoms with Crippen molar-refractivity contribution in [1.29, 1.82) is 0 Å². The van der Waals surface area contributed by atoms with Crippen LogP contribution in [-0.2, 0) is 15.9 Å². The molecule has 0 saturated carbocycles. The van der Waals surface area contributed by atoms with Crippen LogP contribution in [0.3, 0.4) is 0 Å². The molecule has 2 fully saturated rings. The number of furan rings is 1. The van der Waals surface area contributed by atoms with Gasteiger partial charge in [0.15, 0.2) is 5.58 Å². The summed E-state index contributed by atoms with van der Waals surface area (Å²) in [6.07, 6.45) is 6.34. The van der Waals surface area contributed by atoms with Crippen molar-refractivity contribution in [3.63, 3.8) is 0 Å². The Hall–Kier alpha value is -3.30. The fourth-order valence-electron chi connectivity index (χ4n) is 4.72. The summed E-state index contributed by atoms with van der Waals surface area (Å²) in [4.78, 5) is 29.8. The fourth-order valence-corrected chi connectivity index (χ4v) is 4.72. The van der Waals surface area contributed by atoms with E-state index in [9.17, 15) is 14.0 Å². The van der Waals surface area contributed by atoms with E-state index in [1.54, 1.807) is 18.2 Å². The summed E-state index contributed by atoms with van der Waals surface area (Å²) in [6, 6.07) is 7.99. The van der Waals surface area contributed by atoms with E-state index in [2.05, 4.69) is 15.6 Å². The van der Waals surface area contributed by atoms with E-state index in [0.717, 1.165) is 32.1 Å². The van der Waals surface area contributed by atoms with Crippen LogP contribution in [0.5, 0.6) is 0 Å². The third-order valence-electron chi connectivity index (χ3n) is 6.71. The predicted molar refractivity (Wildman–Crippen MR) is 130 cm³/mol. The van der Waals surface area contributed by atoms with Gasteiger partial charge in [-0.25, -0.2) is 9.37 Å². The van der Waals surface area contributed by atoms with Gasteiger partial charge in [0.1, 0.15) is 17.0 Å². The van der Waals surface area contributed by atoms with Crippen LogP contribution in [0.4, 0.5) is 4.39 Å². The molecule has 190 valence electrons. The SMILES string of the molecule is O=C(NC1CCOCC1)c1cc(Cc2ccc(C(=O)NCC3CCCCO3)c(F)c2)c2occc2n1. The molecule has 0 aliphatic carbocycles. The van der Waals surface area contributed by atoms with Gasteiger partial charge in [-0.05, 0) is 55.9 Å². The molecule has 2 amide bonds. The summed E-state index contributed by atoms with van der Waals surface area (Å²) < 4.78 is 31.5. The van der Waals surface area contributed by atoms with Crippen molar-refractivity contribution in [3.8, 4) is 0 Å². The molecule has 0 bridgehead atoms. The lowest BCUT2D eigenvalue weighted by Gasteiger charge is -2.23. The molecule has 36 heavy (non-hydrogen) atoms. The maximum Gasteiger partial charge on any atom is 0.270 e. The van der Waals surface area contributed by atoms with Crippen LogP contribution in [-0.4, -0.2) is 55.3 Å². The first-order chi connectivity index (χ1) is 17.6. The Morgan fingerprint density at radius 3 is 2.67 bits per heavy atom. The number of aromatic nitrogens is 1. The van der Waals surface area contributed by atoms with Crippen molar-refractivity contribution in [2.24, 2.45) is 0 Å². The van der Waals surface area contributed by atoms with E-state index in [1.807, 2.05) is 0 Å². The first kappa shape index (κ1) is 24.4. The van der Waals surface area contributed by atoms with Gasteiger partial charge in [-0.3, -0.25) is 9.59 Å². The largest absolute Gasteiger partial charge is 0.462 e. The van der Waals surface area contributed by atoms with Crippen molar-refractivity contribution in [3.05, 3.63) is 64.8 Å². The van der Waals surface area contributed by atoms with Gasteiger partial charge in [-0.2, -0.15) is 0 Å². The lowest BCUT2D eigenvalue weighted by Crippen LogP contribution is -2.39. The molecule has 1 atom stereocenters. The Morgan fingerprint density at radius 1 is 1.03 bits per heavy atom. The Labute approximate surface area is 208 Å². The zero-order valence-corrected chi connectivity index (χ0v) is 20.1. The molecule has 0 spiro atoms. The molecule has 2 N–H and O–H groups in total. The zero-order valence-electron chi connectivity index (χ0n) is 20.1. The average molecular weight is 496 g/mol. The number of hydrogen-bond donors (Lipinski definition) is 2. The summed E-state index contributed by atoms with van der Waals surface area (Å²) in [5.41, 5.74) is 2.75. The van der Waals surface area contributed by atoms with Crippen molar-refractivity contribution in [1.82, 2.24) is 15.6 Å². The smallest absolute Gasteiger partial charge is 0.270 e. The second-order valence-electron chi connectivity index (χ2n) is 9.35. The number of halogens is 1. The highest BCUT2D eigenvalue weighted by atomic mass is 19.1. The molecular weight excluding hydrogens is 465 g/mol. The Kier molecular flexibility index (Phi) is 7.58. The van der Waals surface area contributed by atoms with Gasteiger partial charge in [0.25, 0.3) is 11.8 Å². The molecule has 5 rings (SSSR count). The third-order valence-corrected chi connectivity index (χ3v) is 6.71. The average Bonchev–Trinajstić information content (AvgIpc) is 3.38. The maximum atomic E-state index is 14.9. The Morgan fingerprint density at radius 2 is 1.89 bits per heavy atom. The van der Waals surface area contributed by atoms with Crippen molar-refractivity contribution in [2.75, 3.05) is 26.4 Å². The maximum absolute atomic E-state index is 14.9. The number of rotatable bonds is 7. The quantitative estimate of drug-likeness (QED) is 0.517. The van der Waals surface area contributed by atoms with E-state index < -0.39 is 11.7 Å². The van der Waals surface area contributed by atoms with Gasteiger partial charge in [0, 0.05) is 50.5 Å². The van der Waals surface area contributed by atoms with Crippen molar-refractivity contribution >= 4 is 22.9 Å². The summed E-state index contributed by atoms with van der Waals surface area (Å²) in [6.45, 7) is 2.31. The normalized spacial score (nSPS) is 18.8. The third kappa shape index (κ3) is 5.74. The number of ether oxygens (including phenoxy) is 2. The van der Waals surface area contributed by atoms with Crippen LogP contribution in [0.15, 0.2) is 41.0 Å². The predicted octanol–water partition coefficient (Wildman–Crippen LogP) is 3.77. The molecule has 2 saturated heterocycles. The van der Waals surface area contributed by atoms with E-state index in [-0.39, 0.29) is 29.3 Å². The molecule has 1 aromatic carbocycles. The topological polar surface area (TPSA) is 103 Å². The minimum absolute atomic E-state index is 0.0102. The lowest BCUT2D eigenvalue weighted by molar-refractivity contribution is 0.0168. The van der Waals surface area contributed by atoms with Crippen LogP contribution in [0.2, 0.25) is 0 Å². The molecule has 9 heteroatoms. The van der Waals surface area contributed by atoms with Gasteiger partial charge < -0.3 is 24.5 Å². The monoisotopic (exact) mass is 495 g/mol. The fraction of sp³-hybridized carbons (Fsp3) is 0.444. The second kappa shape index (κ2) is 11.2. The van der Waals surface area contributed by atoms with Gasteiger partial charge >= 0.3 is 0 Å². The molecule has 0 radical (unpaired) electrons. The van der Waals surface area contributed by atoms with Crippen molar-refractivity contribution in [2.45, 2.75) is 50.7 Å². The minimum atomic E-state index is -0.600. The number of benzene rings is 1. The summed E-state index contributed by atoms with van der Waals surface area (Å²) in [5, 5.41) is 5.80. The van der Waals surface area contributed by atoms with Crippen LogP contribution >= 0.6 is 0 Å². The Balaban J connectivity index is 1.29. The van der Waals surface area contributed by atoms with E-state index in [1.165, 1.54) is 18.4 Å². The zero-order chi connectivity index (χ0) is 24.9. The number of amides is 2. The molecule has 2 aromatic heterocycles. The molecule has 8 nitrogen and oxygen atoms in total. The number of carbonyl (C=O) groups is 2. The van der Waals surface area contributed by atoms with E-state index in [0.29, 0.717) is 55.0 Å². The summed E-state index contributed by atoms with van der Waals surface area (Å²) >= 11 is 0. The lowest BCUT2D eigenvalue weighted by atomic mass is 10.0. The molecule has 2 aliphatic rings. The van der Waals surface area contributed by atoms with Crippen LogP contribution in [0, 0.1) is 5.82 Å². The number of fused-ring (bicyclic) bond motifs is 1. The van der Waals surface area contributed by atoms with Crippen LogP contribution in [0.1, 0.15) is 64.1 Å². The minimum Gasteiger partial charge on any atom is -0.462 e. The highest BCUT2D eigenvalue weighted by Crippen LogP contribution is 2.24. The highest BCUT2D eigenvalue weighted by Gasteiger charge is 2.21. The number of nitrogens with zero attached hydrogens (tertiary/aromatic N) is 1. The number of pyridine rings is 1. The van der Waals surface area contributed by atoms with Gasteiger partial charge in [-0.15, -0.1) is 0 Å². The summed E-state index contributed by atoms with van der Waals surface area (Å²) in [7, 11) is 0. The molecule has 1 unspecified atom stereocenters. The van der Waals surface area contributed by atoms with Gasteiger partial charge in [0.05, 0.1) is 17.9 Å². The van der Waals surface area contributed by atoms with Crippen molar-refractivity contribution < 1.29 is 27.9 Å². The number of nitrogens with one attached hydrogen (secondary N) is 2.